The second-order valence-electron chi connectivity index (χ2n) is 7.01. The van der Waals surface area contributed by atoms with Gasteiger partial charge in [0.05, 0.1) is 18.3 Å². The molecule has 124 valence electrons. The van der Waals surface area contributed by atoms with E-state index in [4.69, 9.17) is 9.47 Å². The number of hydrogen-bond acceptors (Lipinski definition) is 3. The van der Waals surface area contributed by atoms with Gasteiger partial charge >= 0.3 is 0 Å². The van der Waals surface area contributed by atoms with Crippen molar-refractivity contribution < 1.29 is 9.47 Å². The molecule has 0 aromatic heterocycles. The van der Waals surface area contributed by atoms with E-state index in [0.717, 1.165) is 32.2 Å². The summed E-state index contributed by atoms with van der Waals surface area (Å²) in [6.07, 6.45) is 11.6. The van der Waals surface area contributed by atoms with Gasteiger partial charge in [0.25, 0.3) is 0 Å². The van der Waals surface area contributed by atoms with Crippen molar-refractivity contribution in [2.24, 2.45) is 5.92 Å². The van der Waals surface area contributed by atoms with E-state index in [1.807, 2.05) is 0 Å². The van der Waals surface area contributed by atoms with Crippen molar-refractivity contribution in [1.29, 1.82) is 0 Å². The molecule has 0 amide bonds. The van der Waals surface area contributed by atoms with Crippen LogP contribution < -0.4 is 5.32 Å². The third kappa shape index (κ3) is 5.54. The Morgan fingerprint density at radius 1 is 1.14 bits per heavy atom. The molecule has 1 aliphatic heterocycles. The van der Waals surface area contributed by atoms with Gasteiger partial charge in [-0.3, -0.25) is 0 Å². The molecule has 0 aromatic rings. The Kier molecular flexibility index (Phi) is 7.48. The van der Waals surface area contributed by atoms with E-state index in [0.29, 0.717) is 6.10 Å². The first kappa shape index (κ1) is 17.2. The predicted octanol–water partition coefficient (Wildman–Crippen LogP) is 3.91. The molecule has 0 radical (unpaired) electrons. The highest BCUT2D eigenvalue weighted by Gasteiger charge is 2.36. The second-order valence-corrected chi connectivity index (χ2v) is 7.01. The van der Waals surface area contributed by atoms with Crippen molar-refractivity contribution in [3.05, 3.63) is 0 Å². The Hall–Kier alpha value is -0.120. The minimum Gasteiger partial charge on any atom is -0.376 e. The van der Waals surface area contributed by atoms with Crippen molar-refractivity contribution in [2.75, 3.05) is 26.3 Å². The first-order valence-electron chi connectivity index (χ1n) is 9.24. The summed E-state index contributed by atoms with van der Waals surface area (Å²) in [4.78, 5) is 0. The number of rotatable bonds is 8. The Morgan fingerprint density at radius 2 is 1.95 bits per heavy atom. The first-order valence-corrected chi connectivity index (χ1v) is 9.24. The fraction of sp³-hybridized carbons (Fsp3) is 1.00. The van der Waals surface area contributed by atoms with Crippen LogP contribution in [0.1, 0.15) is 71.6 Å². The number of ether oxygens (including phenoxy) is 2. The third-order valence-corrected chi connectivity index (χ3v) is 5.32. The molecule has 1 N–H and O–H groups in total. The highest BCUT2D eigenvalue weighted by Crippen LogP contribution is 2.36. The fourth-order valence-electron chi connectivity index (χ4n) is 3.69. The van der Waals surface area contributed by atoms with Crippen molar-refractivity contribution in [3.63, 3.8) is 0 Å². The van der Waals surface area contributed by atoms with Gasteiger partial charge in [-0.15, -0.1) is 0 Å². The lowest BCUT2D eigenvalue weighted by Crippen LogP contribution is -2.47. The van der Waals surface area contributed by atoms with E-state index >= 15 is 0 Å². The maximum atomic E-state index is 6.46. The Balaban J connectivity index is 1.82. The summed E-state index contributed by atoms with van der Waals surface area (Å²) < 4.78 is 12.3. The SMILES string of the molecule is CCCNCC1(OCC2CCCCO2)CCC(CC)CC1. The lowest BCUT2D eigenvalue weighted by molar-refractivity contribution is -0.123. The van der Waals surface area contributed by atoms with E-state index in [-0.39, 0.29) is 5.60 Å². The Labute approximate surface area is 131 Å². The van der Waals surface area contributed by atoms with E-state index in [1.165, 1.54) is 57.8 Å². The number of nitrogens with one attached hydrogen (secondary N) is 1. The van der Waals surface area contributed by atoms with Crippen LogP contribution in [0, 0.1) is 5.92 Å². The molecule has 0 bridgehead atoms. The van der Waals surface area contributed by atoms with Gasteiger partial charge in [0.1, 0.15) is 0 Å². The molecule has 1 aliphatic carbocycles. The molecule has 2 rings (SSSR count). The van der Waals surface area contributed by atoms with Gasteiger partial charge in [-0.25, -0.2) is 0 Å². The van der Waals surface area contributed by atoms with Crippen LogP contribution in [0.3, 0.4) is 0 Å². The standard InChI is InChI=1S/C18H35NO2/c1-3-12-19-15-18(10-8-16(4-2)9-11-18)21-14-17-7-5-6-13-20-17/h16-17,19H,3-15H2,1-2H3. The molecule has 3 nitrogen and oxygen atoms in total. The zero-order chi connectivity index (χ0) is 15.0. The summed E-state index contributed by atoms with van der Waals surface area (Å²) in [6.45, 7) is 8.39. The van der Waals surface area contributed by atoms with Gasteiger partial charge in [-0.2, -0.15) is 0 Å². The summed E-state index contributed by atoms with van der Waals surface area (Å²) in [5.74, 6) is 0.916. The molecular weight excluding hydrogens is 262 g/mol. The molecule has 1 unspecified atom stereocenters. The molecule has 1 atom stereocenters. The molecule has 1 saturated carbocycles. The van der Waals surface area contributed by atoms with Crippen LogP contribution in [0.25, 0.3) is 0 Å². The molecule has 1 saturated heterocycles. The van der Waals surface area contributed by atoms with E-state index < -0.39 is 0 Å². The lowest BCUT2D eigenvalue weighted by atomic mass is 9.77. The van der Waals surface area contributed by atoms with Gasteiger partial charge in [0.15, 0.2) is 0 Å². The minimum atomic E-state index is 0.0711. The van der Waals surface area contributed by atoms with Crippen molar-refractivity contribution >= 4 is 0 Å². The smallest absolute Gasteiger partial charge is 0.0808 e. The molecule has 0 spiro atoms. The monoisotopic (exact) mass is 297 g/mol. The highest BCUT2D eigenvalue weighted by atomic mass is 16.5. The average Bonchev–Trinajstić information content (AvgIpc) is 2.55. The van der Waals surface area contributed by atoms with E-state index in [9.17, 15) is 0 Å². The summed E-state index contributed by atoms with van der Waals surface area (Å²) in [5.41, 5.74) is 0.0711. The molecule has 2 fully saturated rings. The first-order chi connectivity index (χ1) is 10.3. The van der Waals surface area contributed by atoms with Gasteiger partial charge in [-0.05, 0) is 63.8 Å². The van der Waals surface area contributed by atoms with Crippen LogP contribution in [0.5, 0.6) is 0 Å². The van der Waals surface area contributed by atoms with Crippen molar-refractivity contribution in [1.82, 2.24) is 5.32 Å². The van der Waals surface area contributed by atoms with Crippen molar-refractivity contribution in [2.45, 2.75) is 83.3 Å². The van der Waals surface area contributed by atoms with Crippen LogP contribution in [-0.4, -0.2) is 38.0 Å². The van der Waals surface area contributed by atoms with Gasteiger partial charge in [-0.1, -0.05) is 20.3 Å². The largest absolute Gasteiger partial charge is 0.376 e. The summed E-state index contributed by atoms with van der Waals surface area (Å²) in [6, 6.07) is 0. The number of hydrogen-bond donors (Lipinski definition) is 1. The third-order valence-electron chi connectivity index (χ3n) is 5.32. The van der Waals surface area contributed by atoms with Gasteiger partial charge < -0.3 is 14.8 Å². The van der Waals surface area contributed by atoms with E-state index in [2.05, 4.69) is 19.2 Å². The second kappa shape index (κ2) is 9.12. The molecule has 3 heteroatoms. The highest BCUT2D eigenvalue weighted by molar-refractivity contribution is 4.89. The molecular formula is C18H35NO2. The van der Waals surface area contributed by atoms with Gasteiger partial charge in [0.2, 0.25) is 0 Å². The summed E-state index contributed by atoms with van der Waals surface area (Å²) in [5, 5.41) is 3.60. The zero-order valence-electron chi connectivity index (χ0n) is 14.2. The maximum absolute atomic E-state index is 6.46. The van der Waals surface area contributed by atoms with Crippen LogP contribution in [0.4, 0.5) is 0 Å². The van der Waals surface area contributed by atoms with Crippen LogP contribution in [0.15, 0.2) is 0 Å². The average molecular weight is 297 g/mol. The summed E-state index contributed by atoms with van der Waals surface area (Å²) >= 11 is 0. The van der Waals surface area contributed by atoms with Crippen LogP contribution in [-0.2, 0) is 9.47 Å². The molecule has 0 aromatic carbocycles. The fourth-order valence-corrected chi connectivity index (χ4v) is 3.69. The minimum absolute atomic E-state index is 0.0711. The molecule has 1 heterocycles. The Morgan fingerprint density at radius 3 is 2.57 bits per heavy atom. The quantitative estimate of drug-likeness (QED) is 0.689. The van der Waals surface area contributed by atoms with Gasteiger partial charge in [0, 0.05) is 13.2 Å². The lowest BCUT2D eigenvalue weighted by Gasteiger charge is -2.41. The maximum Gasteiger partial charge on any atom is 0.0808 e. The van der Waals surface area contributed by atoms with E-state index in [1.54, 1.807) is 0 Å². The topological polar surface area (TPSA) is 30.5 Å². The van der Waals surface area contributed by atoms with Crippen LogP contribution >= 0.6 is 0 Å². The zero-order valence-corrected chi connectivity index (χ0v) is 14.2. The summed E-state index contributed by atoms with van der Waals surface area (Å²) in [7, 11) is 0. The predicted molar refractivity (Wildman–Crippen MR) is 87.7 cm³/mol. The molecule has 21 heavy (non-hydrogen) atoms. The normalized spacial score (nSPS) is 34.0. The molecule has 2 aliphatic rings. The van der Waals surface area contributed by atoms with Crippen LogP contribution in [0.2, 0.25) is 0 Å². The Bertz CT molecular complexity index is 263. The van der Waals surface area contributed by atoms with Crippen molar-refractivity contribution in [3.8, 4) is 0 Å².